The second-order valence-electron chi connectivity index (χ2n) is 5.73. The van der Waals surface area contributed by atoms with Crippen LogP contribution in [0.5, 0.6) is 0 Å². The average molecular weight is 289 g/mol. The van der Waals surface area contributed by atoms with E-state index in [1.165, 1.54) is 6.92 Å². The van der Waals surface area contributed by atoms with Crippen molar-refractivity contribution in [3.05, 3.63) is 30.1 Å². The minimum Gasteiger partial charge on any atom is -0.348 e. The highest BCUT2D eigenvalue weighted by Gasteiger charge is 2.31. The number of nitrogens with zero attached hydrogens (tertiary/aromatic N) is 1. The summed E-state index contributed by atoms with van der Waals surface area (Å²) in [7, 11) is 0. The van der Waals surface area contributed by atoms with Crippen LogP contribution in [0.3, 0.4) is 0 Å². The molecule has 0 bridgehead atoms. The topological polar surface area (TPSA) is 71.1 Å². The maximum Gasteiger partial charge on any atom is 0.243 e. The lowest BCUT2D eigenvalue weighted by Crippen LogP contribution is -2.50. The van der Waals surface area contributed by atoms with Crippen LogP contribution < -0.4 is 10.6 Å². The van der Waals surface area contributed by atoms with Crippen molar-refractivity contribution < 1.29 is 9.59 Å². The standard InChI is InChI=1S/C16H23N3O2/c1-11(13-7-9-17-10-8-13)18-16(21)15(19-12(2)20)14-5-3-4-6-14/h7-11,14-15H,3-6H2,1-2H3,(H,18,21)(H,19,20). The van der Waals surface area contributed by atoms with Gasteiger partial charge in [-0.3, -0.25) is 14.6 Å². The highest BCUT2D eigenvalue weighted by atomic mass is 16.2. The molecule has 1 fully saturated rings. The Kier molecular flexibility index (Phi) is 5.31. The van der Waals surface area contributed by atoms with Gasteiger partial charge in [0.1, 0.15) is 6.04 Å². The molecule has 2 rings (SSSR count). The number of nitrogens with one attached hydrogen (secondary N) is 2. The summed E-state index contributed by atoms with van der Waals surface area (Å²) in [5.41, 5.74) is 1.01. The van der Waals surface area contributed by atoms with Gasteiger partial charge in [-0.05, 0) is 43.4 Å². The Morgan fingerprint density at radius 3 is 2.38 bits per heavy atom. The van der Waals surface area contributed by atoms with Crippen LogP contribution in [0.2, 0.25) is 0 Å². The summed E-state index contributed by atoms with van der Waals surface area (Å²) >= 11 is 0. The van der Waals surface area contributed by atoms with Crippen LogP contribution in [-0.4, -0.2) is 22.8 Å². The highest BCUT2D eigenvalue weighted by molar-refractivity contribution is 5.87. The second kappa shape index (κ2) is 7.20. The van der Waals surface area contributed by atoms with Crippen LogP contribution in [0, 0.1) is 5.92 Å². The van der Waals surface area contributed by atoms with Gasteiger partial charge >= 0.3 is 0 Å². The minimum atomic E-state index is -0.422. The molecule has 2 atom stereocenters. The van der Waals surface area contributed by atoms with E-state index in [2.05, 4.69) is 15.6 Å². The molecule has 2 unspecified atom stereocenters. The molecule has 0 aromatic carbocycles. The van der Waals surface area contributed by atoms with E-state index in [0.717, 1.165) is 31.2 Å². The molecule has 2 amide bonds. The van der Waals surface area contributed by atoms with Gasteiger partial charge in [0.15, 0.2) is 0 Å². The van der Waals surface area contributed by atoms with E-state index >= 15 is 0 Å². The summed E-state index contributed by atoms with van der Waals surface area (Å²) in [6, 6.07) is 3.24. The monoisotopic (exact) mass is 289 g/mol. The normalized spacial score (nSPS) is 18.0. The van der Waals surface area contributed by atoms with Crippen molar-refractivity contribution in [2.75, 3.05) is 0 Å². The molecule has 5 heteroatoms. The van der Waals surface area contributed by atoms with Crippen molar-refractivity contribution in [3.63, 3.8) is 0 Å². The van der Waals surface area contributed by atoms with Gasteiger partial charge in [-0.1, -0.05) is 12.8 Å². The van der Waals surface area contributed by atoms with E-state index in [9.17, 15) is 9.59 Å². The largest absolute Gasteiger partial charge is 0.348 e. The lowest BCUT2D eigenvalue weighted by molar-refractivity contribution is -0.129. The molecule has 1 aliphatic carbocycles. The molecule has 1 saturated carbocycles. The Hall–Kier alpha value is -1.91. The predicted molar refractivity (Wildman–Crippen MR) is 80.4 cm³/mol. The Bertz CT molecular complexity index is 484. The third kappa shape index (κ3) is 4.28. The molecule has 1 aromatic rings. The van der Waals surface area contributed by atoms with E-state index < -0.39 is 6.04 Å². The van der Waals surface area contributed by atoms with Crippen molar-refractivity contribution in [3.8, 4) is 0 Å². The number of rotatable bonds is 5. The second-order valence-corrected chi connectivity index (χ2v) is 5.73. The zero-order valence-electron chi connectivity index (χ0n) is 12.6. The Labute approximate surface area is 125 Å². The molecule has 1 aromatic heterocycles. The lowest BCUT2D eigenvalue weighted by Gasteiger charge is -2.25. The van der Waals surface area contributed by atoms with Crippen LogP contribution in [0.15, 0.2) is 24.5 Å². The van der Waals surface area contributed by atoms with E-state index in [1.54, 1.807) is 12.4 Å². The number of hydrogen-bond donors (Lipinski definition) is 2. The summed E-state index contributed by atoms with van der Waals surface area (Å²) in [6.07, 6.45) is 7.69. The van der Waals surface area contributed by atoms with Gasteiger partial charge < -0.3 is 10.6 Å². The molecule has 0 saturated heterocycles. The number of carbonyl (C=O) groups is 2. The predicted octanol–water partition coefficient (Wildman–Crippen LogP) is 1.95. The average Bonchev–Trinajstić information content (AvgIpc) is 2.99. The van der Waals surface area contributed by atoms with Gasteiger partial charge in [0.25, 0.3) is 0 Å². The van der Waals surface area contributed by atoms with E-state index in [1.807, 2.05) is 19.1 Å². The van der Waals surface area contributed by atoms with Crippen molar-refractivity contribution in [2.24, 2.45) is 5.92 Å². The fourth-order valence-corrected chi connectivity index (χ4v) is 2.95. The Balaban J connectivity index is 2.02. The summed E-state index contributed by atoms with van der Waals surface area (Å²) in [5, 5.41) is 5.81. The molecule has 5 nitrogen and oxygen atoms in total. The van der Waals surface area contributed by atoms with Crippen molar-refractivity contribution in [1.82, 2.24) is 15.6 Å². The summed E-state index contributed by atoms with van der Waals surface area (Å²) in [4.78, 5) is 27.9. The Morgan fingerprint density at radius 2 is 1.81 bits per heavy atom. The molecule has 0 radical (unpaired) electrons. The van der Waals surface area contributed by atoms with E-state index in [-0.39, 0.29) is 23.8 Å². The Morgan fingerprint density at radius 1 is 1.19 bits per heavy atom. The fraction of sp³-hybridized carbons (Fsp3) is 0.562. The first kappa shape index (κ1) is 15.5. The SMILES string of the molecule is CC(=O)NC(C(=O)NC(C)c1ccncc1)C1CCCC1. The van der Waals surface area contributed by atoms with Crippen molar-refractivity contribution in [2.45, 2.75) is 51.6 Å². The zero-order valence-corrected chi connectivity index (χ0v) is 12.6. The van der Waals surface area contributed by atoms with Crippen molar-refractivity contribution in [1.29, 1.82) is 0 Å². The number of hydrogen-bond acceptors (Lipinski definition) is 3. The van der Waals surface area contributed by atoms with Crippen molar-refractivity contribution >= 4 is 11.8 Å². The van der Waals surface area contributed by atoms with E-state index in [0.29, 0.717) is 0 Å². The van der Waals surface area contributed by atoms with Crippen LogP contribution in [-0.2, 0) is 9.59 Å². The number of carbonyl (C=O) groups excluding carboxylic acids is 2. The number of pyridine rings is 1. The van der Waals surface area contributed by atoms with Crippen LogP contribution in [0.1, 0.15) is 51.1 Å². The van der Waals surface area contributed by atoms with Gasteiger partial charge in [0.2, 0.25) is 11.8 Å². The summed E-state index contributed by atoms with van der Waals surface area (Å²) < 4.78 is 0. The number of amides is 2. The first-order chi connectivity index (χ1) is 10.1. The first-order valence-corrected chi connectivity index (χ1v) is 7.55. The molecule has 114 valence electrons. The third-order valence-corrected chi connectivity index (χ3v) is 4.08. The van der Waals surface area contributed by atoms with Gasteiger partial charge in [-0.25, -0.2) is 0 Å². The number of aromatic nitrogens is 1. The third-order valence-electron chi connectivity index (χ3n) is 4.08. The highest BCUT2D eigenvalue weighted by Crippen LogP contribution is 2.28. The maximum atomic E-state index is 12.5. The van der Waals surface area contributed by atoms with Gasteiger partial charge in [0, 0.05) is 19.3 Å². The minimum absolute atomic E-state index is 0.0959. The van der Waals surface area contributed by atoms with Crippen LogP contribution in [0.4, 0.5) is 0 Å². The fourth-order valence-electron chi connectivity index (χ4n) is 2.95. The molecule has 1 aliphatic rings. The van der Waals surface area contributed by atoms with Gasteiger partial charge in [-0.15, -0.1) is 0 Å². The summed E-state index contributed by atoms with van der Waals surface area (Å²) in [6.45, 7) is 3.40. The van der Waals surface area contributed by atoms with Gasteiger partial charge in [0.05, 0.1) is 6.04 Å². The molecule has 21 heavy (non-hydrogen) atoms. The quantitative estimate of drug-likeness (QED) is 0.870. The van der Waals surface area contributed by atoms with E-state index in [4.69, 9.17) is 0 Å². The van der Waals surface area contributed by atoms with Crippen LogP contribution in [0.25, 0.3) is 0 Å². The molecule has 0 spiro atoms. The maximum absolute atomic E-state index is 12.5. The van der Waals surface area contributed by atoms with Gasteiger partial charge in [-0.2, -0.15) is 0 Å². The zero-order chi connectivity index (χ0) is 15.2. The smallest absolute Gasteiger partial charge is 0.243 e. The molecular formula is C16H23N3O2. The lowest BCUT2D eigenvalue weighted by atomic mass is 9.96. The first-order valence-electron chi connectivity index (χ1n) is 7.55. The molecule has 0 aliphatic heterocycles. The molecular weight excluding hydrogens is 266 g/mol. The van der Waals surface area contributed by atoms with Crippen LogP contribution >= 0.6 is 0 Å². The summed E-state index contributed by atoms with van der Waals surface area (Å²) in [5.74, 6) is -0.00133. The molecule has 1 heterocycles. The molecule has 2 N–H and O–H groups in total.